The Morgan fingerprint density at radius 1 is 0.421 bits per heavy atom. The van der Waals surface area contributed by atoms with E-state index >= 15 is 0 Å². The van der Waals surface area contributed by atoms with Gasteiger partial charge in [0.05, 0.1) is 0 Å². The summed E-state index contributed by atoms with van der Waals surface area (Å²) in [6.07, 6.45) is 0. The summed E-state index contributed by atoms with van der Waals surface area (Å²) in [7, 11) is -6.17. The minimum atomic E-state index is -6.17. The Hall–Kier alpha value is 2.33. The molecule has 0 rings (SSSR count). The third kappa shape index (κ3) is 6.53. The molecule has 0 bridgehead atoms. The van der Waals surface area contributed by atoms with E-state index in [-0.39, 0.29) is 147 Å². The molecule has 0 fully saturated rings. The SMILES string of the molecule is N#[C][Fe-3]([C]#N)([C]#N)([C]#N)([C]#N)[C]#N.[Na+].[Na+].[Na+].[Zn].[Zn].[Zn]. The average molecular weight is 477 g/mol. The first-order valence-electron chi connectivity index (χ1n) is 2.40. The largest absolute Gasteiger partial charge is 1.00 e. The van der Waals surface area contributed by atoms with E-state index in [4.69, 9.17) is 31.6 Å². The van der Waals surface area contributed by atoms with Gasteiger partial charge in [-0.15, -0.1) is 0 Å². The van der Waals surface area contributed by atoms with Crippen molar-refractivity contribution in [3.05, 3.63) is 0 Å². The molecule has 0 aromatic rings. The van der Waals surface area contributed by atoms with Crippen molar-refractivity contribution < 1.29 is 158 Å². The van der Waals surface area contributed by atoms with Gasteiger partial charge in [-0.1, -0.05) is 0 Å². The zero-order valence-corrected chi connectivity index (χ0v) is 27.2. The summed E-state index contributed by atoms with van der Waals surface area (Å²) in [4.78, 5) is 6.19. The van der Waals surface area contributed by atoms with E-state index in [2.05, 4.69) is 0 Å². The maximum absolute atomic E-state index is 8.58. The van der Waals surface area contributed by atoms with Crippen LogP contribution in [0, 0.1) is 61.4 Å². The summed E-state index contributed by atoms with van der Waals surface area (Å²) in [5.74, 6) is 0. The van der Waals surface area contributed by atoms with E-state index in [9.17, 15) is 0 Å². The van der Waals surface area contributed by atoms with E-state index in [0.717, 1.165) is 29.8 Å². The Kier molecular flexibility index (Phi) is 31.5. The molecule has 0 spiro atoms. The van der Waals surface area contributed by atoms with Crippen LogP contribution < -0.4 is 88.7 Å². The van der Waals surface area contributed by atoms with Gasteiger partial charge < -0.3 is 0 Å². The number of nitriles is 6. The maximum atomic E-state index is 8.58. The van der Waals surface area contributed by atoms with Gasteiger partial charge in [-0.3, -0.25) is 0 Å². The second-order valence-corrected chi connectivity index (χ2v) is 7.42. The normalized spacial score (nSPS) is 9.16. The third-order valence-electron chi connectivity index (χ3n) is 1.19. The second-order valence-electron chi connectivity index (χ2n) is 1.80. The predicted molar refractivity (Wildman–Crippen MR) is 33.7 cm³/mol. The van der Waals surface area contributed by atoms with Crippen molar-refractivity contribution >= 4 is 0 Å². The molecular formula is C6FeN6Na3Zn3. The molecule has 13 heteroatoms. The summed E-state index contributed by atoms with van der Waals surface area (Å²) in [5, 5.41) is 51.5. The van der Waals surface area contributed by atoms with Gasteiger partial charge in [-0.25, -0.2) is 0 Å². The molecule has 0 heterocycles. The molecule has 71 valence electrons. The van der Waals surface area contributed by atoms with E-state index < -0.39 is 10.7 Å². The first-order chi connectivity index (χ1) is 5.97. The van der Waals surface area contributed by atoms with Gasteiger partial charge >= 0.3 is 161 Å². The first-order valence-corrected chi connectivity index (χ1v) is 5.71. The van der Waals surface area contributed by atoms with Gasteiger partial charge in [-0.05, 0) is 0 Å². The first kappa shape index (κ1) is 42.9. The quantitative estimate of drug-likeness (QED) is 0.317. The number of nitrogens with zero attached hydrogens (tertiary/aromatic N) is 6. The Bertz CT molecular complexity index is 410. The molecule has 0 atom stereocenters. The van der Waals surface area contributed by atoms with Crippen molar-refractivity contribution in [2.45, 2.75) is 0 Å². The molecule has 0 radical (unpaired) electrons. The summed E-state index contributed by atoms with van der Waals surface area (Å²) >= 11 is 0. The summed E-state index contributed by atoms with van der Waals surface area (Å²) in [6.45, 7) is 0. The molecule has 0 saturated heterocycles. The Morgan fingerprint density at radius 3 is 0.526 bits per heavy atom. The Morgan fingerprint density at radius 2 is 0.526 bits per heavy atom. The second kappa shape index (κ2) is 14.0. The molecule has 0 saturated carbocycles. The van der Waals surface area contributed by atoms with Crippen molar-refractivity contribution in [3.63, 3.8) is 0 Å². The molecule has 6 nitrogen and oxygen atoms in total. The topological polar surface area (TPSA) is 143 Å². The van der Waals surface area contributed by atoms with Crippen LogP contribution in [-0.2, 0) is 69.2 Å². The van der Waals surface area contributed by atoms with Gasteiger partial charge in [0.1, 0.15) is 0 Å². The average Bonchev–Trinajstić information content (AvgIpc) is 2.26. The van der Waals surface area contributed by atoms with Crippen LogP contribution in [0.4, 0.5) is 0 Å². The Labute approximate surface area is 214 Å². The summed E-state index contributed by atoms with van der Waals surface area (Å²) in [5.41, 5.74) is 0. The van der Waals surface area contributed by atoms with E-state index in [1.54, 1.807) is 0 Å². The molecule has 0 aliphatic carbocycles. The maximum Gasteiger partial charge on any atom is 1.00 e. The van der Waals surface area contributed by atoms with Crippen LogP contribution >= 0.6 is 0 Å². The molecule has 19 heavy (non-hydrogen) atoms. The van der Waals surface area contributed by atoms with Crippen LogP contribution in [0.3, 0.4) is 0 Å². The molecule has 0 aromatic carbocycles. The van der Waals surface area contributed by atoms with Crippen LogP contribution in [0.2, 0.25) is 0 Å². The van der Waals surface area contributed by atoms with Gasteiger partial charge in [0, 0.05) is 58.4 Å². The molecular weight excluding hydrogens is 477 g/mol. The van der Waals surface area contributed by atoms with E-state index in [0.29, 0.717) is 0 Å². The minimum Gasteiger partial charge on any atom is 0 e. The van der Waals surface area contributed by atoms with E-state index in [1.807, 2.05) is 0 Å². The third-order valence-corrected chi connectivity index (χ3v) is 4.89. The van der Waals surface area contributed by atoms with Crippen LogP contribution in [-0.4, -0.2) is 0 Å². The molecule has 0 unspecified atom stereocenters. The summed E-state index contributed by atoms with van der Waals surface area (Å²) < 4.78 is 0. The molecule has 0 amide bonds. The number of rotatable bonds is 0. The zero-order chi connectivity index (χ0) is 10.7. The van der Waals surface area contributed by atoms with Crippen molar-refractivity contribution in [2.75, 3.05) is 0 Å². The van der Waals surface area contributed by atoms with Gasteiger partial charge in [-0.2, -0.15) is 0 Å². The number of hydrogen-bond acceptors (Lipinski definition) is 6. The summed E-state index contributed by atoms with van der Waals surface area (Å²) in [6, 6.07) is 0. The fraction of sp³-hybridized carbons (Fsp3) is 0. The zero-order valence-electron chi connectivity index (χ0n) is 11.2. The minimum absolute atomic E-state index is 0. The fourth-order valence-corrected chi connectivity index (χ4v) is 1.09. The van der Waals surface area contributed by atoms with Crippen LogP contribution in [0.5, 0.6) is 0 Å². The van der Waals surface area contributed by atoms with Gasteiger partial charge in [0.2, 0.25) is 0 Å². The van der Waals surface area contributed by atoms with Gasteiger partial charge in [0.15, 0.2) is 0 Å². The van der Waals surface area contributed by atoms with Crippen molar-refractivity contribution in [1.29, 1.82) is 31.6 Å². The van der Waals surface area contributed by atoms with Crippen LogP contribution in [0.15, 0.2) is 0 Å². The Balaban J connectivity index is -0.0000000480. The molecule has 0 aliphatic heterocycles. The van der Waals surface area contributed by atoms with Crippen LogP contribution in [0.25, 0.3) is 0 Å². The van der Waals surface area contributed by atoms with Crippen LogP contribution in [0.1, 0.15) is 0 Å². The smallest absolute Gasteiger partial charge is 0 e. The predicted octanol–water partition coefficient (Wildman–Crippen LogP) is -8.90. The molecule has 0 aliphatic rings. The van der Waals surface area contributed by atoms with E-state index in [1.165, 1.54) is 0 Å². The van der Waals surface area contributed by atoms with Gasteiger partial charge in [0.25, 0.3) is 0 Å². The number of hydrogen-bond donors (Lipinski definition) is 0. The standard InChI is InChI=1S/6CN.Fe.3Na.3Zn/c6*1-2;;;;;;;/q;;;;;;-3;3*+1;;;. The van der Waals surface area contributed by atoms with Crippen molar-refractivity contribution in [2.24, 2.45) is 0 Å². The fourth-order valence-electron chi connectivity index (χ4n) is 0.265. The van der Waals surface area contributed by atoms with Crippen molar-refractivity contribution in [3.8, 4) is 29.8 Å². The van der Waals surface area contributed by atoms with Crippen molar-refractivity contribution in [1.82, 2.24) is 0 Å². The molecule has 0 aromatic heterocycles. The monoisotopic (exact) mass is 473 g/mol. The molecule has 0 N–H and O–H groups in total.